The first kappa shape index (κ1) is 19.9. The molecule has 0 aliphatic carbocycles. The Morgan fingerprint density at radius 3 is 2.77 bits per heavy atom. The number of carbonyl (C=O) groups is 1. The van der Waals surface area contributed by atoms with Crippen LogP contribution in [0.3, 0.4) is 0 Å². The van der Waals surface area contributed by atoms with Gasteiger partial charge < -0.3 is 14.8 Å². The first-order valence-corrected chi connectivity index (χ1v) is 9.65. The second-order valence-corrected chi connectivity index (χ2v) is 7.02. The summed E-state index contributed by atoms with van der Waals surface area (Å²) in [6, 6.07) is 8.76. The van der Waals surface area contributed by atoms with Gasteiger partial charge in [-0.2, -0.15) is 5.10 Å². The van der Waals surface area contributed by atoms with E-state index in [2.05, 4.69) is 10.4 Å². The Labute approximate surface area is 172 Å². The Kier molecular flexibility index (Phi) is 5.39. The summed E-state index contributed by atoms with van der Waals surface area (Å²) in [7, 11) is 1.56. The van der Waals surface area contributed by atoms with Crippen LogP contribution < -0.4 is 14.8 Å². The molecule has 0 saturated carbocycles. The number of benzene rings is 2. The number of hydrogen-bond acceptors (Lipinski definition) is 4. The van der Waals surface area contributed by atoms with Gasteiger partial charge in [0.05, 0.1) is 19.9 Å². The maximum atomic E-state index is 14.3. The zero-order chi connectivity index (χ0) is 21.3. The zero-order valence-electron chi connectivity index (χ0n) is 16.6. The van der Waals surface area contributed by atoms with E-state index >= 15 is 0 Å². The fraction of sp³-hybridized carbons (Fsp3) is 0.273. The summed E-state index contributed by atoms with van der Waals surface area (Å²) in [6.07, 6.45) is 2.68. The van der Waals surface area contributed by atoms with Crippen LogP contribution >= 0.6 is 0 Å². The van der Waals surface area contributed by atoms with E-state index < -0.39 is 11.6 Å². The number of hydrogen-bond donors (Lipinski definition) is 1. The minimum atomic E-state index is -0.767. The molecule has 0 fully saturated rings. The van der Waals surface area contributed by atoms with Gasteiger partial charge in [0.1, 0.15) is 17.3 Å². The Morgan fingerprint density at radius 2 is 2.03 bits per heavy atom. The number of nitrogens with one attached hydrogen (secondary N) is 1. The lowest BCUT2D eigenvalue weighted by atomic mass is 9.87. The van der Waals surface area contributed by atoms with Crippen LogP contribution in [0.1, 0.15) is 36.8 Å². The smallest absolute Gasteiger partial charge is 0.226 e. The maximum absolute atomic E-state index is 14.3. The van der Waals surface area contributed by atoms with Gasteiger partial charge in [0.15, 0.2) is 17.3 Å². The van der Waals surface area contributed by atoms with Crippen molar-refractivity contribution in [1.82, 2.24) is 9.78 Å². The molecule has 8 heteroatoms. The van der Waals surface area contributed by atoms with Crippen LogP contribution in [0.2, 0.25) is 0 Å². The molecule has 4 rings (SSSR count). The third-order valence-corrected chi connectivity index (χ3v) is 5.01. The normalized spacial score (nSPS) is 15.5. The molecule has 1 amide bonds. The number of carbonyl (C=O) groups excluding carboxylic acids is 1. The van der Waals surface area contributed by atoms with E-state index in [0.717, 1.165) is 29.7 Å². The first-order valence-electron chi connectivity index (χ1n) is 9.65. The van der Waals surface area contributed by atoms with Gasteiger partial charge in [-0.1, -0.05) is 13.0 Å². The van der Waals surface area contributed by atoms with E-state index in [4.69, 9.17) is 9.47 Å². The highest BCUT2D eigenvalue weighted by molar-refractivity contribution is 5.94. The second-order valence-electron chi connectivity index (χ2n) is 7.02. The van der Waals surface area contributed by atoms with Gasteiger partial charge in [-0.25, -0.2) is 13.5 Å². The van der Waals surface area contributed by atoms with Crippen molar-refractivity contribution < 1.29 is 23.0 Å². The molecular weight excluding hydrogens is 392 g/mol. The maximum Gasteiger partial charge on any atom is 0.226 e. The number of methoxy groups -OCH3 is 1. The topological polar surface area (TPSA) is 65.4 Å². The number of nitrogens with zero attached hydrogens (tertiary/aromatic N) is 2. The Balaban J connectivity index is 1.75. The van der Waals surface area contributed by atoms with Crippen molar-refractivity contribution in [3.05, 3.63) is 65.4 Å². The molecule has 0 bridgehead atoms. The number of rotatable bonds is 6. The molecule has 0 radical (unpaired) electrons. The highest BCUT2D eigenvalue weighted by Gasteiger charge is 2.31. The van der Waals surface area contributed by atoms with Crippen molar-refractivity contribution in [2.45, 2.75) is 25.7 Å². The number of halogens is 2. The van der Waals surface area contributed by atoms with Gasteiger partial charge >= 0.3 is 0 Å². The van der Waals surface area contributed by atoms with E-state index in [1.807, 2.05) is 25.1 Å². The molecule has 1 aliphatic heterocycles. The van der Waals surface area contributed by atoms with Crippen LogP contribution in [-0.2, 0) is 4.79 Å². The average molecular weight is 413 g/mol. The third kappa shape index (κ3) is 3.60. The van der Waals surface area contributed by atoms with Crippen molar-refractivity contribution in [2.24, 2.45) is 0 Å². The molecule has 0 spiro atoms. The minimum absolute atomic E-state index is 0.0551. The minimum Gasteiger partial charge on any atom is -0.493 e. The molecule has 1 aliphatic rings. The summed E-state index contributed by atoms with van der Waals surface area (Å²) >= 11 is 0. The number of ether oxygens (including phenoxy) is 2. The highest BCUT2D eigenvalue weighted by Crippen LogP contribution is 2.41. The zero-order valence-corrected chi connectivity index (χ0v) is 16.6. The molecule has 156 valence electrons. The molecule has 2 heterocycles. The highest BCUT2D eigenvalue weighted by atomic mass is 19.1. The lowest BCUT2D eigenvalue weighted by Crippen LogP contribution is -2.24. The third-order valence-electron chi connectivity index (χ3n) is 5.01. The summed E-state index contributed by atoms with van der Waals surface area (Å²) in [5, 5.41) is 7.01. The van der Waals surface area contributed by atoms with Crippen molar-refractivity contribution >= 4 is 11.7 Å². The van der Waals surface area contributed by atoms with Crippen molar-refractivity contribution in [1.29, 1.82) is 0 Å². The SMILES string of the molecule is CCCOc1ccc(C2CC(=O)Nc3c2cnn3-c2ccc(F)cc2F)cc1OC. The molecule has 3 aromatic rings. The standard InChI is InChI=1S/C22H21F2N3O3/c1-3-8-30-19-7-4-13(9-20(19)29-2)15-11-21(28)26-22-16(15)12-25-27(22)18-6-5-14(23)10-17(18)24/h4-7,9-10,12,15H,3,8,11H2,1-2H3,(H,26,28). The molecule has 1 N–H and O–H groups in total. The van der Waals surface area contributed by atoms with Crippen LogP contribution in [-0.4, -0.2) is 29.4 Å². The Bertz CT molecular complexity index is 1100. The van der Waals surface area contributed by atoms with Crippen LogP contribution in [0.5, 0.6) is 11.5 Å². The molecule has 1 unspecified atom stereocenters. The van der Waals surface area contributed by atoms with Crippen LogP contribution in [0.15, 0.2) is 42.6 Å². The average Bonchev–Trinajstić information content (AvgIpc) is 3.15. The van der Waals surface area contributed by atoms with E-state index in [9.17, 15) is 13.6 Å². The van der Waals surface area contributed by atoms with Crippen molar-refractivity contribution in [2.75, 3.05) is 19.0 Å². The molecule has 6 nitrogen and oxygen atoms in total. The van der Waals surface area contributed by atoms with Gasteiger partial charge in [0, 0.05) is 24.0 Å². The van der Waals surface area contributed by atoms with Crippen LogP contribution in [0.25, 0.3) is 5.69 Å². The summed E-state index contributed by atoms with van der Waals surface area (Å²) in [5.41, 5.74) is 1.65. The summed E-state index contributed by atoms with van der Waals surface area (Å²) in [4.78, 5) is 12.4. The van der Waals surface area contributed by atoms with Gasteiger partial charge in [-0.3, -0.25) is 4.79 Å². The largest absolute Gasteiger partial charge is 0.493 e. The van der Waals surface area contributed by atoms with Crippen LogP contribution in [0.4, 0.5) is 14.6 Å². The van der Waals surface area contributed by atoms with Crippen molar-refractivity contribution in [3.8, 4) is 17.2 Å². The van der Waals surface area contributed by atoms with Crippen molar-refractivity contribution in [3.63, 3.8) is 0 Å². The van der Waals surface area contributed by atoms with Gasteiger partial charge in [0.25, 0.3) is 0 Å². The molecule has 30 heavy (non-hydrogen) atoms. The van der Waals surface area contributed by atoms with E-state index in [0.29, 0.717) is 23.9 Å². The fourth-order valence-corrected chi connectivity index (χ4v) is 3.58. The predicted molar refractivity (Wildman–Crippen MR) is 107 cm³/mol. The molecule has 2 aromatic carbocycles. The Hall–Kier alpha value is -3.42. The van der Waals surface area contributed by atoms with Gasteiger partial charge in [-0.05, 0) is 36.2 Å². The number of amides is 1. The molecule has 1 aromatic heterocycles. The summed E-state index contributed by atoms with van der Waals surface area (Å²) < 4.78 is 40.0. The second kappa shape index (κ2) is 8.14. The number of fused-ring (bicyclic) bond motifs is 1. The van der Waals surface area contributed by atoms with Gasteiger partial charge in [0.2, 0.25) is 5.91 Å². The summed E-state index contributed by atoms with van der Waals surface area (Å²) in [5.74, 6) is -0.389. The predicted octanol–water partition coefficient (Wildman–Crippen LogP) is 4.42. The number of anilines is 1. The lowest BCUT2D eigenvalue weighted by Gasteiger charge is -2.24. The van der Waals surface area contributed by atoms with Gasteiger partial charge in [-0.15, -0.1) is 0 Å². The quantitative estimate of drug-likeness (QED) is 0.650. The molecule has 1 atom stereocenters. The Morgan fingerprint density at radius 1 is 1.20 bits per heavy atom. The molecule has 0 saturated heterocycles. The molecular formula is C22H21F2N3O3. The first-order chi connectivity index (χ1) is 14.5. The fourth-order valence-electron chi connectivity index (χ4n) is 3.58. The van der Waals surface area contributed by atoms with Crippen LogP contribution in [0, 0.1) is 11.6 Å². The summed E-state index contributed by atoms with van der Waals surface area (Å²) in [6.45, 7) is 2.59. The van der Waals surface area contributed by atoms with E-state index in [1.165, 1.54) is 10.7 Å². The number of aromatic nitrogens is 2. The monoisotopic (exact) mass is 413 g/mol. The van der Waals surface area contributed by atoms with E-state index in [1.54, 1.807) is 13.3 Å². The van der Waals surface area contributed by atoms with E-state index in [-0.39, 0.29) is 23.9 Å². The lowest BCUT2D eigenvalue weighted by molar-refractivity contribution is -0.116.